The molecule has 0 fully saturated rings. The van der Waals surface area contributed by atoms with Crippen LogP contribution in [-0.2, 0) is 4.79 Å². The standard InChI is InChI=1S/C25H26N6O3/c1-16-15-21(30(2)3)29-25(26-16)28-18-12-10-17(11-13-18)27-22(32)9-6-14-31-23(33)19-7-4-5-8-20(19)24(31)34/h4-5,7-8,10-13,15H,6,9,14H2,1-3H3,(H,27,32)(H,26,28,29). The van der Waals surface area contributed by atoms with Crippen molar-refractivity contribution in [1.82, 2.24) is 14.9 Å². The molecule has 0 aliphatic carbocycles. The number of amides is 3. The van der Waals surface area contributed by atoms with Crippen molar-refractivity contribution in [3.8, 4) is 0 Å². The highest BCUT2D eigenvalue weighted by Gasteiger charge is 2.34. The maximum atomic E-state index is 12.4. The largest absolute Gasteiger partial charge is 0.363 e. The lowest BCUT2D eigenvalue weighted by Gasteiger charge is -2.14. The number of anilines is 4. The van der Waals surface area contributed by atoms with Gasteiger partial charge in [0.1, 0.15) is 5.82 Å². The second-order valence-corrected chi connectivity index (χ2v) is 8.25. The molecular formula is C25H26N6O3. The number of carbonyl (C=O) groups excluding carboxylic acids is 3. The summed E-state index contributed by atoms with van der Waals surface area (Å²) in [6.45, 7) is 2.11. The Labute approximate surface area is 197 Å². The van der Waals surface area contributed by atoms with Crippen molar-refractivity contribution >= 4 is 40.9 Å². The van der Waals surface area contributed by atoms with Crippen LogP contribution in [0.5, 0.6) is 0 Å². The van der Waals surface area contributed by atoms with Crippen molar-refractivity contribution in [2.24, 2.45) is 0 Å². The first-order valence-corrected chi connectivity index (χ1v) is 11.0. The van der Waals surface area contributed by atoms with E-state index in [-0.39, 0.29) is 30.7 Å². The van der Waals surface area contributed by atoms with Crippen molar-refractivity contribution in [3.63, 3.8) is 0 Å². The third-order valence-corrected chi connectivity index (χ3v) is 5.39. The molecule has 0 saturated carbocycles. The van der Waals surface area contributed by atoms with E-state index in [9.17, 15) is 14.4 Å². The van der Waals surface area contributed by atoms with Gasteiger partial charge in [0.15, 0.2) is 0 Å². The monoisotopic (exact) mass is 458 g/mol. The van der Waals surface area contributed by atoms with Gasteiger partial charge in [-0.1, -0.05) is 12.1 Å². The summed E-state index contributed by atoms with van der Waals surface area (Å²) in [5.74, 6) is 0.502. The molecule has 1 aliphatic heterocycles. The molecule has 4 rings (SSSR count). The number of fused-ring (bicyclic) bond motifs is 1. The summed E-state index contributed by atoms with van der Waals surface area (Å²) in [4.78, 5) is 49.1. The van der Waals surface area contributed by atoms with Crippen molar-refractivity contribution in [2.75, 3.05) is 36.2 Å². The van der Waals surface area contributed by atoms with E-state index in [1.54, 1.807) is 36.4 Å². The van der Waals surface area contributed by atoms with Gasteiger partial charge in [0, 0.05) is 50.2 Å². The minimum absolute atomic E-state index is 0.185. The lowest BCUT2D eigenvalue weighted by Crippen LogP contribution is -2.31. The van der Waals surface area contributed by atoms with Gasteiger partial charge in [-0.15, -0.1) is 0 Å². The molecule has 0 atom stereocenters. The molecule has 2 N–H and O–H groups in total. The van der Waals surface area contributed by atoms with E-state index < -0.39 is 0 Å². The fourth-order valence-electron chi connectivity index (χ4n) is 3.67. The zero-order valence-electron chi connectivity index (χ0n) is 19.3. The van der Waals surface area contributed by atoms with E-state index in [1.807, 2.05) is 44.1 Å². The molecule has 2 aromatic carbocycles. The first-order valence-electron chi connectivity index (χ1n) is 11.0. The number of hydrogen-bond acceptors (Lipinski definition) is 7. The summed E-state index contributed by atoms with van der Waals surface area (Å²) in [7, 11) is 3.84. The molecule has 9 nitrogen and oxygen atoms in total. The number of aromatic nitrogens is 2. The average Bonchev–Trinajstić information content (AvgIpc) is 3.05. The molecule has 0 saturated heterocycles. The van der Waals surface area contributed by atoms with Crippen LogP contribution in [0.4, 0.5) is 23.1 Å². The summed E-state index contributed by atoms with van der Waals surface area (Å²) >= 11 is 0. The van der Waals surface area contributed by atoms with Crippen molar-refractivity contribution in [1.29, 1.82) is 0 Å². The first kappa shape index (κ1) is 22.9. The SMILES string of the molecule is Cc1cc(N(C)C)nc(Nc2ccc(NC(=O)CCCN3C(=O)c4ccccc4C3=O)cc2)n1. The molecule has 3 amide bonds. The van der Waals surface area contributed by atoms with Crippen LogP contribution in [0, 0.1) is 6.92 Å². The minimum atomic E-state index is -0.306. The van der Waals surface area contributed by atoms with E-state index in [0.717, 1.165) is 17.2 Å². The lowest BCUT2D eigenvalue weighted by atomic mass is 10.1. The van der Waals surface area contributed by atoms with Crippen LogP contribution in [0.3, 0.4) is 0 Å². The summed E-state index contributed by atoms with van der Waals surface area (Å²) in [6.07, 6.45) is 0.577. The van der Waals surface area contributed by atoms with Crippen molar-refractivity contribution in [2.45, 2.75) is 19.8 Å². The van der Waals surface area contributed by atoms with Crippen LogP contribution < -0.4 is 15.5 Å². The van der Waals surface area contributed by atoms with Crippen LogP contribution in [0.15, 0.2) is 54.6 Å². The van der Waals surface area contributed by atoms with E-state index in [4.69, 9.17) is 0 Å². The molecule has 0 unspecified atom stereocenters. The number of nitrogens with zero attached hydrogens (tertiary/aromatic N) is 4. The fraction of sp³-hybridized carbons (Fsp3) is 0.240. The quantitative estimate of drug-likeness (QED) is 0.497. The van der Waals surface area contributed by atoms with Gasteiger partial charge in [-0.05, 0) is 49.7 Å². The van der Waals surface area contributed by atoms with Gasteiger partial charge in [-0.3, -0.25) is 19.3 Å². The van der Waals surface area contributed by atoms with Gasteiger partial charge >= 0.3 is 0 Å². The Bertz CT molecular complexity index is 1200. The maximum absolute atomic E-state index is 12.4. The van der Waals surface area contributed by atoms with E-state index in [0.29, 0.717) is 29.2 Å². The predicted molar refractivity (Wildman–Crippen MR) is 130 cm³/mol. The Morgan fingerprint density at radius 3 is 2.18 bits per heavy atom. The lowest BCUT2D eigenvalue weighted by molar-refractivity contribution is -0.116. The van der Waals surface area contributed by atoms with E-state index in [2.05, 4.69) is 20.6 Å². The van der Waals surface area contributed by atoms with Crippen LogP contribution in [0.1, 0.15) is 39.3 Å². The van der Waals surface area contributed by atoms with Gasteiger partial charge in [0.2, 0.25) is 11.9 Å². The Hall–Kier alpha value is -4.27. The predicted octanol–water partition coefficient (Wildman–Crippen LogP) is 3.61. The molecule has 0 spiro atoms. The third-order valence-electron chi connectivity index (χ3n) is 5.39. The molecule has 3 aromatic rings. The smallest absolute Gasteiger partial charge is 0.261 e. The number of carbonyl (C=O) groups is 3. The Morgan fingerprint density at radius 1 is 0.941 bits per heavy atom. The molecule has 34 heavy (non-hydrogen) atoms. The Morgan fingerprint density at radius 2 is 1.56 bits per heavy atom. The van der Waals surface area contributed by atoms with Gasteiger partial charge in [-0.25, -0.2) is 4.98 Å². The number of benzene rings is 2. The topological polar surface area (TPSA) is 108 Å². The second kappa shape index (κ2) is 9.70. The normalized spacial score (nSPS) is 12.5. The molecule has 174 valence electrons. The van der Waals surface area contributed by atoms with E-state index in [1.165, 1.54) is 4.90 Å². The summed E-state index contributed by atoms with van der Waals surface area (Å²) in [5, 5.41) is 6.01. The molecule has 0 bridgehead atoms. The van der Waals surface area contributed by atoms with Crippen LogP contribution in [-0.4, -0.2) is 53.2 Å². The number of aryl methyl sites for hydroxylation is 1. The van der Waals surface area contributed by atoms with Gasteiger partial charge in [0.05, 0.1) is 11.1 Å². The molecule has 2 heterocycles. The zero-order valence-corrected chi connectivity index (χ0v) is 19.3. The summed E-state index contributed by atoms with van der Waals surface area (Å²) < 4.78 is 0. The highest BCUT2D eigenvalue weighted by molar-refractivity contribution is 6.21. The van der Waals surface area contributed by atoms with Crippen molar-refractivity contribution in [3.05, 3.63) is 71.4 Å². The van der Waals surface area contributed by atoms with Crippen LogP contribution >= 0.6 is 0 Å². The molecule has 0 radical (unpaired) electrons. The summed E-state index contributed by atoms with van der Waals surface area (Å²) in [6, 6.07) is 15.9. The zero-order chi connectivity index (χ0) is 24.2. The van der Waals surface area contributed by atoms with Gasteiger partial charge < -0.3 is 15.5 Å². The average molecular weight is 459 g/mol. The van der Waals surface area contributed by atoms with Crippen molar-refractivity contribution < 1.29 is 14.4 Å². The fourth-order valence-corrected chi connectivity index (χ4v) is 3.67. The van der Waals surface area contributed by atoms with Crippen LogP contribution in [0.2, 0.25) is 0 Å². The maximum Gasteiger partial charge on any atom is 0.261 e. The van der Waals surface area contributed by atoms with Gasteiger partial charge in [0.25, 0.3) is 11.8 Å². The molecule has 9 heteroatoms. The van der Waals surface area contributed by atoms with Crippen LogP contribution in [0.25, 0.3) is 0 Å². The first-order chi connectivity index (χ1) is 16.3. The highest BCUT2D eigenvalue weighted by Crippen LogP contribution is 2.23. The Balaban J connectivity index is 1.28. The Kier molecular flexibility index (Phi) is 6.53. The minimum Gasteiger partial charge on any atom is -0.363 e. The highest BCUT2D eigenvalue weighted by atomic mass is 16.2. The summed E-state index contributed by atoms with van der Waals surface area (Å²) in [5.41, 5.74) is 3.12. The molecule has 1 aromatic heterocycles. The molecular weight excluding hydrogens is 432 g/mol. The molecule has 1 aliphatic rings. The third kappa shape index (κ3) is 5.03. The number of rotatable bonds is 8. The number of hydrogen-bond donors (Lipinski definition) is 2. The second-order valence-electron chi connectivity index (χ2n) is 8.25. The number of imide groups is 1. The van der Waals surface area contributed by atoms with E-state index >= 15 is 0 Å². The van der Waals surface area contributed by atoms with Gasteiger partial charge in [-0.2, -0.15) is 4.98 Å². The number of nitrogens with one attached hydrogen (secondary N) is 2.